The van der Waals surface area contributed by atoms with Gasteiger partial charge in [-0.3, -0.25) is 14.5 Å². The summed E-state index contributed by atoms with van der Waals surface area (Å²) in [6.07, 6.45) is 0.733. The van der Waals surface area contributed by atoms with E-state index in [2.05, 4.69) is 6.07 Å². The number of nitrogens with zero attached hydrogens (tertiary/aromatic N) is 3. The fourth-order valence-corrected chi connectivity index (χ4v) is 2.53. The Morgan fingerprint density at radius 1 is 1.37 bits per heavy atom. The van der Waals surface area contributed by atoms with Gasteiger partial charge in [0.25, 0.3) is 5.91 Å². The molecule has 1 aliphatic heterocycles. The lowest BCUT2D eigenvalue weighted by molar-refractivity contribution is -0.149. The number of hydrogen-bond donors (Lipinski definition) is 1. The van der Waals surface area contributed by atoms with E-state index in [0.717, 1.165) is 16.2 Å². The van der Waals surface area contributed by atoms with Gasteiger partial charge in [-0.25, -0.2) is 0 Å². The SMILES string of the molecule is Cc1c(C#N)c(N)n(C2CCC(=O)N(C)C2=O)c1C. The average Bonchev–Trinajstić information content (AvgIpc) is 2.59. The number of likely N-dealkylation sites (tertiary alicyclic amines) is 1. The Morgan fingerprint density at radius 3 is 2.53 bits per heavy atom. The molecular formula is C13H16N4O2. The van der Waals surface area contributed by atoms with Crippen LogP contribution in [0, 0.1) is 25.2 Å². The van der Waals surface area contributed by atoms with Gasteiger partial charge in [0.05, 0.1) is 5.56 Å². The summed E-state index contributed by atoms with van der Waals surface area (Å²) in [4.78, 5) is 24.8. The molecule has 2 N–H and O–H groups in total. The molecule has 2 heterocycles. The number of piperidine rings is 1. The zero-order chi connectivity index (χ0) is 14.3. The molecule has 0 bridgehead atoms. The number of aromatic nitrogens is 1. The second-order valence-electron chi connectivity index (χ2n) is 4.80. The number of rotatable bonds is 1. The fraction of sp³-hybridized carbons (Fsp3) is 0.462. The van der Waals surface area contributed by atoms with Crippen molar-refractivity contribution in [3.63, 3.8) is 0 Å². The number of imide groups is 1. The van der Waals surface area contributed by atoms with E-state index in [1.807, 2.05) is 13.8 Å². The predicted octanol–water partition coefficient (Wildman–Crippen LogP) is 0.879. The van der Waals surface area contributed by atoms with Crippen molar-refractivity contribution >= 4 is 17.6 Å². The maximum atomic E-state index is 12.2. The van der Waals surface area contributed by atoms with Gasteiger partial charge in [0, 0.05) is 19.2 Å². The number of hydrogen-bond acceptors (Lipinski definition) is 4. The van der Waals surface area contributed by atoms with E-state index < -0.39 is 6.04 Å². The number of nitriles is 1. The number of nitrogen functional groups attached to an aromatic ring is 1. The Bertz CT molecular complexity index is 609. The van der Waals surface area contributed by atoms with Gasteiger partial charge < -0.3 is 10.3 Å². The van der Waals surface area contributed by atoms with Crippen molar-refractivity contribution in [2.45, 2.75) is 32.7 Å². The zero-order valence-electron chi connectivity index (χ0n) is 11.2. The minimum Gasteiger partial charge on any atom is -0.384 e. The number of carbonyl (C=O) groups is 2. The molecule has 1 fully saturated rings. The maximum absolute atomic E-state index is 12.2. The second-order valence-corrected chi connectivity index (χ2v) is 4.80. The largest absolute Gasteiger partial charge is 0.384 e. The lowest BCUT2D eigenvalue weighted by Crippen LogP contribution is -2.43. The minimum atomic E-state index is -0.497. The molecule has 100 valence electrons. The first-order valence-electron chi connectivity index (χ1n) is 6.07. The number of carbonyl (C=O) groups excluding carboxylic acids is 2. The van der Waals surface area contributed by atoms with Gasteiger partial charge in [-0.05, 0) is 25.8 Å². The van der Waals surface area contributed by atoms with Crippen LogP contribution in [0.25, 0.3) is 0 Å². The second kappa shape index (κ2) is 4.43. The Kier molecular flexibility index (Phi) is 3.06. The van der Waals surface area contributed by atoms with Gasteiger partial charge in [0.1, 0.15) is 17.9 Å². The van der Waals surface area contributed by atoms with Crippen LogP contribution >= 0.6 is 0 Å². The van der Waals surface area contributed by atoms with Crippen LogP contribution in [0.4, 0.5) is 5.82 Å². The van der Waals surface area contributed by atoms with Crippen LogP contribution in [0.5, 0.6) is 0 Å². The van der Waals surface area contributed by atoms with E-state index in [-0.39, 0.29) is 11.8 Å². The van der Waals surface area contributed by atoms with Crippen LogP contribution in [0.1, 0.15) is 35.7 Å². The maximum Gasteiger partial charge on any atom is 0.252 e. The molecule has 0 aromatic carbocycles. The summed E-state index contributed by atoms with van der Waals surface area (Å²) in [5.74, 6) is -0.147. The summed E-state index contributed by atoms with van der Waals surface area (Å²) in [6, 6.07) is 1.56. The molecule has 1 saturated heterocycles. The molecule has 19 heavy (non-hydrogen) atoms. The Balaban J connectivity index is 2.52. The zero-order valence-corrected chi connectivity index (χ0v) is 11.2. The summed E-state index contributed by atoms with van der Waals surface area (Å²) in [7, 11) is 1.48. The van der Waals surface area contributed by atoms with Crippen molar-refractivity contribution in [3.05, 3.63) is 16.8 Å². The number of amides is 2. The summed E-state index contributed by atoms with van der Waals surface area (Å²) in [5, 5.41) is 9.10. The molecule has 0 spiro atoms. The Morgan fingerprint density at radius 2 is 2.00 bits per heavy atom. The Hall–Kier alpha value is -2.29. The first kappa shape index (κ1) is 13.1. The lowest BCUT2D eigenvalue weighted by atomic mass is 10.0. The van der Waals surface area contributed by atoms with Crippen LogP contribution in [-0.4, -0.2) is 28.3 Å². The molecule has 0 radical (unpaired) electrons. The van der Waals surface area contributed by atoms with E-state index >= 15 is 0 Å². The number of likely N-dealkylation sites (N-methyl/N-ethyl adjacent to an activating group) is 1. The van der Waals surface area contributed by atoms with Gasteiger partial charge in [0.15, 0.2) is 0 Å². The first-order chi connectivity index (χ1) is 8.90. The molecule has 0 aliphatic carbocycles. The molecule has 2 amide bonds. The number of nitrogens with two attached hydrogens (primary N) is 1. The third-order valence-electron chi connectivity index (χ3n) is 3.84. The van der Waals surface area contributed by atoms with Gasteiger partial charge >= 0.3 is 0 Å². The highest BCUT2D eigenvalue weighted by Gasteiger charge is 2.35. The highest BCUT2D eigenvalue weighted by atomic mass is 16.2. The first-order valence-corrected chi connectivity index (χ1v) is 6.07. The summed E-state index contributed by atoms with van der Waals surface area (Å²) < 4.78 is 1.68. The highest BCUT2D eigenvalue weighted by Crippen LogP contribution is 2.32. The summed E-state index contributed by atoms with van der Waals surface area (Å²) in [6.45, 7) is 3.64. The normalized spacial score (nSPS) is 19.7. The molecule has 1 aromatic heterocycles. The molecule has 1 atom stereocenters. The standard InChI is InChI=1S/C13H16N4O2/c1-7-8(2)17(12(15)9(7)6-14)10-4-5-11(18)16(3)13(10)19/h10H,4-5,15H2,1-3H3. The molecular weight excluding hydrogens is 244 g/mol. The average molecular weight is 260 g/mol. The van der Waals surface area contributed by atoms with Gasteiger partial charge in [-0.2, -0.15) is 5.26 Å². The van der Waals surface area contributed by atoms with E-state index in [1.165, 1.54) is 7.05 Å². The molecule has 6 heteroatoms. The molecule has 6 nitrogen and oxygen atoms in total. The van der Waals surface area contributed by atoms with Crippen LogP contribution in [0.15, 0.2) is 0 Å². The van der Waals surface area contributed by atoms with E-state index in [4.69, 9.17) is 11.0 Å². The van der Waals surface area contributed by atoms with Gasteiger partial charge in [-0.15, -0.1) is 0 Å². The lowest BCUT2D eigenvalue weighted by Gasteiger charge is -2.30. The van der Waals surface area contributed by atoms with Crippen molar-refractivity contribution in [2.24, 2.45) is 0 Å². The quantitative estimate of drug-likeness (QED) is 0.758. The molecule has 1 aliphatic rings. The van der Waals surface area contributed by atoms with Crippen molar-refractivity contribution in [1.82, 2.24) is 9.47 Å². The van der Waals surface area contributed by atoms with Crippen molar-refractivity contribution in [1.29, 1.82) is 5.26 Å². The van der Waals surface area contributed by atoms with Crippen molar-refractivity contribution < 1.29 is 9.59 Å². The number of anilines is 1. The van der Waals surface area contributed by atoms with Crippen LogP contribution in [-0.2, 0) is 9.59 Å². The van der Waals surface area contributed by atoms with Crippen molar-refractivity contribution in [2.75, 3.05) is 12.8 Å². The monoisotopic (exact) mass is 260 g/mol. The van der Waals surface area contributed by atoms with E-state index in [0.29, 0.717) is 24.2 Å². The third-order valence-corrected chi connectivity index (χ3v) is 3.84. The molecule has 1 aromatic rings. The smallest absolute Gasteiger partial charge is 0.252 e. The summed E-state index contributed by atoms with van der Waals surface area (Å²) >= 11 is 0. The summed E-state index contributed by atoms with van der Waals surface area (Å²) in [5.41, 5.74) is 7.97. The van der Waals surface area contributed by atoms with E-state index in [1.54, 1.807) is 4.57 Å². The van der Waals surface area contributed by atoms with Crippen LogP contribution in [0.3, 0.4) is 0 Å². The minimum absolute atomic E-state index is 0.179. The van der Waals surface area contributed by atoms with Crippen LogP contribution in [0.2, 0.25) is 0 Å². The molecule has 0 saturated carbocycles. The molecule has 2 rings (SSSR count). The van der Waals surface area contributed by atoms with Crippen molar-refractivity contribution in [3.8, 4) is 6.07 Å². The topological polar surface area (TPSA) is 92.1 Å². The van der Waals surface area contributed by atoms with E-state index in [9.17, 15) is 9.59 Å². The highest BCUT2D eigenvalue weighted by molar-refractivity contribution is 5.99. The predicted molar refractivity (Wildman–Crippen MR) is 69.1 cm³/mol. The Labute approximate surface area is 111 Å². The third kappa shape index (κ3) is 1.78. The van der Waals surface area contributed by atoms with Gasteiger partial charge in [0.2, 0.25) is 5.91 Å². The van der Waals surface area contributed by atoms with Gasteiger partial charge in [-0.1, -0.05) is 0 Å². The van der Waals surface area contributed by atoms with Crippen LogP contribution < -0.4 is 5.73 Å². The molecule has 1 unspecified atom stereocenters. The fourth-order valence-electron chi connectivity index (χ4n) is 2.53.